The first-order valence-corrected chi connectivity index (χ1v) is 10.3. The summed E-state index contributed by atoms with van der Waals surface area (Å²) in [6.45, 7) is 13.4. The molecule has 29 heavy (non-hydrogen) atoms. The fraction of sp³-hybridized carbons (Fsp3) is 0.458. The molecule has 1 N–H and O–H groups in total. The molecule has 1 amide bonds. The summed E-state index contributed by atoms with van der Waals surface area (Å²) in [5, 5.41) is 2.94. The van der Waals surface area contributed by atoms with E-state index in [-0.39, 0.29) is 5.91 Å². The normalized spacial score (nSPS) is 11.8. The van der Waals surface area contributed by atoms with Crippen LogP contribution in [0.3, 0.4) is 0 Å². The number of aryl methyl sites for hydroxylation is 1. The molecule has 0 heterocycles. The Morgan fingerprint density at radius 3 is 2.28 bits per heavy atom. The van der Waals surface area contributed by atoms with E-state index < -0.39 is 6.10 Å². The molecule has 0 aliphatic carbocycles. The molecule has 0 saturated heterocycles. The summed E-state index contributed by atoms with van der Waals surface area (Å²) >= 11 is 0. The Hall–Kier alpha value is -2.69. The smallest absolute Gasteiger partial charge is 0.261 e. The van der Waals surface area contributed by atoms with Crippen LogP contribution in [0.25, 0.3) is 0 Å². The lowest BCUT2D eigenvalue weighted by atomic mass is 10.0. The zero-order valence-electron chi connectivity index (χ0n) is 18.4. The standard InChI is InChI=1S/C24H33NO4/c1-7-27-21-12-10-19(14-23(21)28-8-2)15-25-24(26)18(6)29-22-13-17(5)9-11-20(22)16(3)4/h9-14,16,18H,7-8,15H2,1-6H3,(H,25,26)/t18-/m1/s1. The fourth-order valence-electron chi connectivity index (χ4n) is 3.00. The third kappa shape index (κ3) is 6.41. The number of benzene rings is 2. The number of nitrogens with one attached hydrogen (secondary N) is 1. The van der Waals surface area contributed by atoms with Gasteiger partial charge in [-0.1, -0.05) is 32.0 Å². The van der Waals surface area contributed by atoms with E-state index in [0.717, 1.165) is 22.4 Å². The molecule has 0 aliphatic rings. The van der Waals surface area contributed by atoms with Crippen molar-refractivity contribution in [2.75, 3.05) is 13.2 Å². The van der Waals surface area contributed by atoms with Gasteiger partial charge < -0.3 is 19.5 Å². The molecule has 2 rings (SSSR count). The first kappa shape index (κ1) is 22.6. The van der Waals surface area contributed by atoms with Gasteiger partial charge in [-0.15, -0.1) is 0 Å². The van der Waals surface area contributed by atoms with Crippen molar-refractivity contribution in [3.05, 3.63) is 53.1 Å². The van der Waals surface area contributed by atoms with Crippen LogP contribution in [0.1, 0.15) is 57.2 Å². The van der Waals surface area contributed by atoms with Crippen LogP contribution in [0, 0.1) is 6.92 Å². The Kier molecular flexibility index (Phi) is 8.37. The van der Waals surface area contributed by atoms with Crippen LogP contribution in [-0.4, -0.2) is 25.2 Å². The van der Waals surface area contributed by atoms with E-state index in [9.17, 15) is 4.79 Å². The molecule has 2 aromatic rings. The lowest BCUT2D eigenvalue weighted by Gasteiger charge is -2.19. The van der Waals surface area contributed by atoms with Crippen LogP contribution < -0.4 is 19.5 Å². The fourth-order valence-corrected chi connectivity index (χ4v) is 3.00. The van der Waals surface area contributed by atoms with Crippen LogP contribution >= 0.6 is 0 Å². The van der Waals surface area contributed by atoms with Crippen LogP contribution in [0.5, 0.6) is 17.2 Å². The summed E-state index contributed by atoms with van der Waals surface area (Å²) in [7, 11) is 0. The maximum Gasteiger partial charge on any atom is 0.261 e. The molecule has 0 fully saturated rings. The molecule has 0 saturated carbocycles. The monoisotopic (exact) mass is 399 g/mol. The van der Waals surface area contributed by atoms with E-state index in [0.29, 0.717) is 37.2 Å². The summed E-state index contributed by atoms with van der Waals surface area (Å²) in [5.41, 5.74) is 3.15. The molecule has 5 heteroatoms. The molecule has 158 valence electrons. The summed E-state index contributed by atoms with van der Waals surface area (Å²) in [5.74, 6) is 2.32. The minimum absolute atomic E-state index is 0.159. The summed E-state index contributed by atoms with van der Waals surface area (Å²) in [6.07, 6.45) is -0.594. The summed E-state index contributed by atoms with van der Waals surface area (Å²) < 4.78 is 17.2. The molecule has 0 aliphatic heterocycles. The lowest BCUT2D eigenvalue weighted by Crippen LogP contribution is -2.36. The second-order valence-corrected chi connectivity index (χ2v) is 7.32. The Morgan fingerprint density at radius 2 is 1.62 bits per heavy atom. The topological polar surface area (TPSA) is 56.8 Å². The van der Waals surface area contributed by atoms with Gasteiger partial charge in [0.1, 0.15) is 5.75 Å². The summed E-state index contributed by atoms with van der Waals surface area (Å²) in [6, 6.07) is 11.8. The molecular weight excluding hydrogens is 366 g/mol. The Morgan fingerprint density at radius 1 is 0.931 bits per heavy atom. The highest BCUT2D eigenvalue weighted by Crippen LogP contribution is 2.29. The van der Waals surface area contributed by atoms with Crippen molar-refractivity contribution in [3.8, 4) is 17.2 Å². The minimum Gasteiger partial charge on any atom is -0.490 e. The summed E-state index contributed by atoms with van der Waals surface area (Å²) in [4.78, 5) is 12.6. The van der Waals surface area contributed by atoms with Crippen molar-refractivity contribution in [2.24, 2.45) is 0 Å². The Balaban J connectivity index is 2.02. The van der Waals surface area contributed by atoms with E-state index in [4.69, 9.17) is 14.2 Å². The van der Waals surface area contributed by atoms with Gasteiger partial charge in [0, 0.05) is 6.54 Å². The van der Waals surface area contributed by atoms with Crippen molar-refractivity contribution in [1.82, 2.24) is 5.32 Å². The minimum atomic E-state index is -0.594. The first-order chi connectivity index (χ1) is 13.8. The van der Waals surface area contributed by atoms with Crippen LogP contribution in [-0.2, 0) is 11.3 Å². The number of carbonyl (C=O) groups is 1. The maximum atomic E-state index is 12.6. The molecule has 0 aromatic heterocycles. The van der Waals surface area contributed by atoms with Gasteiger partial charge in [0.2, 0.25) is 0 Å². The maximum absolute atomic E-state index is 12.6. The molecule has 5 nitrogen and oxygen atoms in total. The molecule has 0 bridgehead atoms. The van der Waals surface area contributed by atoms with E-state index in [1.165, 1.54) is 0 Å². The third-order valence-corrected chi connectivity index (χ3v) is 4.54. The Labute approximate surface area is 174 Å². The molecule has 1 atom stereocenters. The van der Waals surface area contributed by atoms with E-state index in [2.05, 4.69) is 31.3 Å². The van der Waals surface area contributed by atoms with Crippen molar-refractivity contribution in [1.29, 1.82) is 0 Å². The van der Waals surface area contributed by atoms with Gasteiger partial charge in [0.15, 0.2) is 17.6 Å². The van der Waals surface area contributed by atoms with E-state index in [1.54, 1.807) is 6.92 Å². The van der Waals surface area contributed by atoms with Gasteiger partial charge >= 0.3 is 0 Å². The number of rotatable bonds is 10. The number of amides is 1. The highest BCUT2D eigenvalue weighted by atomic mass is 16.5. The quantitative estimate of drug-likeness (QED) is 0.611. The zero-order valence-corrected chi connectivity index (χ0v) is 18.4. The van der Waals surface area contributed by atoms with Gasteiger partial charge in [-0.3, -0.25) is 4.79 Å². The highest BCUT2D eigenvalue weighted by Gasteiger charge is 2.18. The SMILES string of the molecule is CCOc1ccc(CNC(=O)[C@@H](C)Oc2cc(C)ccc2C(C)C)cc1OCC. The highest BCUT2D eigenvalue weighted by molar-refractivity contribution is 5.80. The van der Waals surface area contributed by atoms with Crippen molar-refractivity contribution in [3.63, 3.8) is 0 Å². The van der Waals surface area contributed by atoms with E-state index >= 15 is 0 Å². The molecule has 0 spiro atoms. The predicted molar refractivity (Wildman–Crippen MR) is 116 cm³/mol. The van der Waals surface area contributed by atoms with E-state index in [1.807, 2.05) is 45.0 Å². The second-order valence-electron chi connectivity index (χ2n) is 7.32. The second kappa shape index (κ2) is 10.7. The molecule has 0 unspecified atom stereocenters. The van der Waals surface area contributed by atoms with Gasteiger partial charge in [-0.25, -0.2) is 0 Å². The van der Waals surface area contributed by atoms with Crippen LogP contribution in [0.15, 0.2) is 36.4 Å². The largest absolute Gasteiger partial charge is 0.490 e. The van der Waals surface area contributed by atoms with Gasteiger partial charge in [-0.2, -0.15) is 0 Å². The first-order valence-electron chi connectivity index (χ1n) is 10.3. The predicted octanol–water partition coefficient (Wildman–Crippen LogP) is 5.00. The third-order valence-electron chi connectivity index (χ3n) is 4.54. The Bertz CT molecular complexity index is 817. The number of hydrogen-bond acceptors (Lipinski definition) is 4. The lowest BCUT2D eigenvalue weighted by molar-refractivity contribution is -0.127. The van der Waals surface area contributed by atoms with Crippen LogP contribution in [0.4, 0.5) is 0 Å². The molecule has 2 aromatic carbocycles. The number of hydrogen-bond donors (Lipinski definition) is 1. The number of ether oxygens (including phenoxy) is 3. The van der Waals surface area contributed by atoms with Crippen LogP contribution in [0.2, 0.25) is 0 Å². The van der Waals surface area contributed by atoms with Gasteiger partial charge in [0.05, 0.1) is 13.2 Å². The van der Waals surface area contributed by atoms with Crippen molar-refractivity contribution < 1.29 is 19.0 Å². The molecular formula is C24H33NO4. The average molecular weight is 400 g/mol. The number of carbonyl (C=O) groups excluding carboxylic acids is 1. The van der Waals surface area contributed by atoms with Gasteiger partial charge in [-0.05, 0) is 68.5 Å². The molecule has 0 radical (unpaired) electrons. The van der Waals surface area contributed by atoms with Gasteiger partial charge in [0.25, 0.3) is 5.91 Å². The van der Waals surface area contributed by atoms with Crippen molar-refractivity contribution in [2.45, 2.75) is 60.1 Å². The van der Waals surface area contributed by atoms with Crippen molar-refractivity contribution >= 4 is 5.91 Å². The average Bonchev–Trinajstić information content (AvgIpc) is 2.68. The zero-order chi connectivity index (χ0) is 21.4.